The fraction of sp³-hybridized carbons (Fsp3) is 0.278. The van der Waals surface area contributed by atoms with Crippen LogP contribution in [0.4, 0.5) is 19.0 Å². The molecule has 4 aromatic rings. The van der Waals surface area contributed by atoms with Crippen molar-refractivity contribution in [3.05, 3.63) is 41.7 Å². The van der Waals surface area contributed by atoms with E-state index in [0.717, 1.165) is 17.8 Å². The number of aryl methyl sites for hydroxylation is 1. The van der Waals surface area contributed by atoms with Crippen LogP contribution in [0.25, 0.3) is 28.1 Å². The SMILES string of the molecule is Cc1cc(-c2cnc3c(NCCCO)nc4cc(C(F)(F)F)ccc4n23)[nH]n1. The molecule has 4 rings (SSSR count). The van der Waals surface area contributed by atoms with Gasteiger partial charge in [0.15, 0.2) is 11.5 Å². The molecule has 3 N–H and O–H groups in total. The largest absolute Gasteiger partial charge is 0.416 e. The molecule has 146 valence electrons. The van der Waals surface area contributed by atoms with Crippen molar-refractivity contribution in [3.8, 4) is 11.4 Å². The number of aromatic nitrogens is 5. The van der Waals surface area contributed by atoms with E-state index in [1.54, 1.807) is 10.6 Å². The number of H-pyrrole nitrogens is 1. The van der Waals surface area contributed by atoms with Gasteiger partial charge in [0.2, 0.25) is 0 Å². The Kier molecular flexibility index (Phi) is 4.42. The highest BCUT2D eigenvalue weighted by atomic mass is 19.4. The van der Waals surface area contributed by atoms with Crippen LogP contribution in [0.15, 0.2) is 30.5 Å². The third-order valence-electron chi connectivity index (χ3n) is 4.36. The second-order valence-corrected chi connectivity index (χ2v) is 6.39. The van der Waals surface area contributed by atoms with E-state index in [4.69, 9.17) is 5.11 Å². The summed E-state index contributed by atoms with van der Waals surface area (Å²) in [4.78, 5) is 8.77. The number of rotatable bonds is 5. The van der Waals surface area contributed by atoms with Crippen molar-refractivity contribution in [1.82, 2.24) is 24.6 Å². The number of anilines is 1. The summed E-state index contributed by atoms with van der Waals surface area (Å²) in [6.45, 7) is 2.23. The average molecular weight is 390 g/mol. The molecule has 0 aliphatic rings. The minimum atomic E-state index is -4.46. The van der Waals surface area contributed by atoms with Crippen molar-refractivity contribution in [2.24, 2.45) is 0 Å². The summed E-state index contributed by atoms with van der Waals surface area (Å²) in [5.41, 5.74) is 2.52. The minimum absolute atomic E-state index is 0.0117. The van der Waals surface area contributed by atoms with Gasteiger partial charge in [-0.1, -0.05) is 0 Å². The zero-order valence-electron chi connectivity index (χ0n) is 14.9. The maximum Gasteiger partial charge on any atom is 0.416 e. The van der Waals surface area contributed by atoms with Gasteiger partial charge in [-0.3, -0.25) is 9.50 Å². The number of benzene rings is 1. The summed E-state index contributed by atoms with van der Waals surface area (Å²) in [6, 6.07) is 5.28. The summed E-state index contributed by atoms with van der Waals surface area (Å²) >= 11 is 0. The van der Waals surface area contributed by atoms with E-state index in [1.807, 2.05) is 13.0 Å². The number of aromatic amines is 1. The molecule has 0 atom stereocenters. The first-order valence-electron chi connectivity index (χ1n) is 8.64. The van der Waals surface area contributed by atoms with Crippen LogP contribution in [0.2, 0.25) is 0 Å². The van der Waals surface area contributed by atoms with Gasteiger partial charge in [0.25, 0.3) is 0 Å². The molecule has 7 nitrogen and oxygen atoms in total. The zero-order chi connectivity index (χ0) is 19.9. The first-order valence-corrected chi connectivity index (χ1v) is 8.64. The molecule has 0 fully saturated rings. The molecule has 0 amide bonds. The van der Waals surface area contributed by atoms with Gasteiger partial charge in [0.05, 0.1) is 39.9 Å². The monoisotopic (exact) mass is 390 g/mol. The van der Waals surface area contributed by atoms with E-state index < -0.39 is 11.7 Å². The summed E-state index contributed by atoms with van der Waals surface area (Å²) in [5, 5.41) is 19.1. The van der Waals surface area contributed by atoms with Crippen LogP contribution in [0.1, 0.15) is 17.7 Å². The molecule has 0 aliphatic heterocycles. The summed E-state index contributed by atoms with van der Waals surface area (Å²) in [6.07, 6.45) is -2.37. The molecule has 3 aromatic heterocycles. The molecular formula is C18H17F3N6O. The number of nitrogens with one attached hydrogen (secondary N) is 2. The van der Waals surface area contributed by atoms with Crippen molar-refractivity contribution in [3.63, 3.8) is 0 Å². The molecule has 0 saturated carbocycles. The van der Waals surface area contributed by atoms with Crippen molar-refractivity contribution < 1.29 is 18.3 Å². The summed E-state index contributed by atoms with van der Waals surface area (Å²) in [5.74, 6) is 0.350. The molecule has 28 heavy (non-hydrogen) atoms. The Morgan fingerprint density at radius 2 is 2.07 bits per heavy atom. The van der Waals surface area contributed by atoms with Crippen molar-refractivity contribution in [1.29, 1.82) is 0 Å². The topological polar surface area (TPSA) is 91.1 Å². The molecule has 0 aliphatic carbocycles. The highest BCUT2D eigenvalue weighted by Crippen LogP contribution is 2.33. The van der Waals surface area contributed by atoms with Crippen molar-refractivity contribution >= 4 is 22.5 Å². The maximum atomic E-state index is 13.2. The number of halogens is 3. The number of imidazole rings is 1. The van der Waals surface area contributed by atoms with Gasteiger partial charge in [0.1, 0.15) is 0 Å². The average Bonchev–Trinajstić information content (AvgIpc) is 3.27. The molecule has 3 heterocycles. The molecule has 0 bridgehead atoms. The van der Waals surface area contributed by atoms with Crippen LogP contribution < -0.4 is 5.32 Å². The van der Waals surface area contributed by atoms with Gasteiger partial charge in [-0.15, -0.1) is 0 Å². The molecular weight excluding hydrogens is 373 g/mol. The second kappa shape index (κ2) is 6.79. The normalized spacial score (nSPS) is 12.2. The lowest BCUT2D eigenvalue weighted by atomic mass is 10.2. The van der Waals surface area contributed by atoms with Gasteiger partial charge in [-0.2, -0.15) is 18.3 Å². The van der Waals surface area contributed by atoms with E-state index in [0.29, 0.717) is 41.3 Å². The van der Waals surface area contributed by atoms with E-state index in [-0.39, 0.29) is 12.1 Å². The number of nitrogens with zero attached hydrogens (tertiary/aromatic N) is 4. The van der Waals surface area contributed by atoms with Crippen LogP contribution in [-0.2, 0) is 6.18 Å². The van der Waals surface area contributed by atoms with Crippen LogP contribution in [0.3, 0.4) is 0 Å². The zero-order valence-corrected chi connectivity index (χ0v) is 14.9. The third-order valence-corrected chi connectivity index (χ3v) is 4.36. The summed E-state index contributed by atoms with van der Waals surface area (Å²) in [7, 11) is 0. The fourth-order valence-electron chi connectivity index (χ4n) is 3.06. The Hall–Kier alpha value is -3.14. The van der Waals surface area contributed by atoms with Gasteiger partial charge in [-0.25, -0.2) is 9.97 Å². The van der Waals surface area contributed by atoms with E-state index in [2.05, 4.69) is 25.5 Å². The molecule has 0 saturated heterocycles. The lowest BCUT2D eigenvalue weighted by molar-refractivity contribution is -0.137. The number of alkyl halides is 3. The standard InChI is InChI=1S/C18H17F3N6O/c1-10-7-13(26-25-10)15-9-23-17-16(22-5-2-6-28)24-12-8-11(18(19,20)21)3-4-14(12)27(15)17/h3-4,7-9,28H,2,5-6H2,1H3,(H,22,24)(H,25,26). The lowest BCUT2D eigenvalue weighted by Crippen LogP contribution is -2.09. The number of hydrogen-bond donors (Lipinski definition) is 3. The fourth-order valence-corrected chi connectivity index (χ4v) is 3.06. The van der Waals surface area contributed by atoms with Gasteiger partial charge >= 0.3 is 6.18 Å². The number of fused-ring (bicyclic) bond motifs is 3. The number of aliphatic hydroxyl groups is 1. The van der Waals surface area contributed by atoms with Crippen LogP contribution in [0.5, 0.6) is 0 Å². The summed E-state index contributed by atoms with van der Waals surface area (Å²) < 4.78 is 41.2. The van der Waals surface area contributed by atoms with Gasteiger partial charge in [0, 0.05) is 13.2 Å². The molecule has 0 radical (unpaired) electrons. The van der Waals surface area contributed by atoms with Crippen LogP contribution in [0, 0.1) is 6.92 Å². The lowest BCUT2D eigenvalue weighted by Gasteiger charge is -2.13. The van der Waals surface area contributed by atoms with E-state index >= 15 is 0 Å². The minimum Gasteiger partial charge on any atom is -0.396 e. The Morgan fingerprint density at radius 3 is 2.75 bits per heavy atom. The highest BCUT2D eigenvalue weighted by molar-refractivity contribution is 5.86. The Balaban J connectivity index is 1.98. The van der Waals surface area contributed by atoms with Crippen molar-refractivity contribution in [2.75, 3.05) is 18.5 Å². The van der Waals surface area contributed by atoms with E-state index in [9.17, 15) is 13.2 Å². The van der Waals surface area contributed by atoms with Gasteiger partial charge in [-0.05, 0) is 37.6 Å². The molecule has 10 heteroatoms. The first-order chi connectivity index (χ1) is 13.4. The number of hydrogen-bond acceptors (Lipinski definition) is 5. The molecule has 0 unspecified atom stereocenters. The Bertz CT molecular complexity index is 1150. The predicted molar refractivity (Wildman–Crippen MR) is 98.0 cm³/mol. The van der Waals surface area contributed by atoms with Crippen molar-refractivity contribution in [2.45, 2.75) is 19.5 Å². The maximum absolute atomic E-state index is 13.2. The Labute approximate surface area is 157 Å². The predicted octanol–water partition coefficient (Wildman–Crippen LogP) is 3.39. The molecule has 1 aromatic carbocycles. The smallest absolute Gasteiger partial charge is 0.396 e. The first kappa shape index (κ1) is 18.2. The second-order valence-electron chi connectivity index (χ2n) is 6.39. The highest BCUT2D eigenvalue weighted by Gasteiger charge is 2.31. The third kappa shape index (κ3) is 3.15. The Morgan fingerprint density at radius 1 is 1.25 bits per heavy atom. The van der Waals surface area contributed by atoms with E-state index in [1.165, 1.54) is 6.07 Å². The van der Waals surface area contributed by atoms with Crippen LogP contribution in [-0.4, -0.2) is 42.8 Å². The number of aliphatic hydroxyl groups excluding tert-OH is 1. The quantitative estimate of drug-likeness (QED) is 0.455. The van der Waals surface area contributed by atoms with Crippen LogP contribution >= 0.6 is 0 Å². The molecule has 0 spiro atoms. The van der Waals surface area contributed by atoms with Gasteiger partial charge < -0.3 is 10.4 Å².